The summed E-state index contributed by atoms with van der Waals surface area (Å²) >= 11 is -2.13. The predicted molar refractivity (Wildman–Crippen MR) is 39.5 cm³/mol. The minimum atomic E-state index is -2.13. The molecule has 0 fully saturated rings. The molecule has 0 aliphatic carbocycles. The zero-order valence-electron chi connectivity index (χ0n) is 5.37. The van der Waals surface area contributed by atoms with E-state index in [1.54, 1.807) is 0 Å². The molecule has 0 unspecified atom stereocenters. The zero-order valence-corrected chi connectivity index (χ0v) is 10.1. The Morgan fingerprint density at radius 2 is 1.44 bits per heavy atom. The van der Waals surface area contributed by atoms with Crippen molar-refractivity contribution in [1.29, 1.82) is 0 Å². The molecule has 57 valence electrons. The molecule has 9 heavy (non-hydrogen) atoms. The molecule has 1 N–H and O–H groups in total. The summed E-state index contributed by atoms with van der Waals surface area (Å²) in [5, 5.41) is 8.14. The number of rotatable bonds is 1. The molecule has 0 saturated carbocycles. The predicted octanol–water partition coefficient (Wildman–Crippen LogP) is 2.70. The van der Waals surface area contributed by atoms with E-state index in [-0.39, 0.29) is 0 Å². The summed E-state index contributed by atoms with van der Waals surface area (Å²) < 4.78 is 0. The molecule has 0 spiro atoms. The molecule has 0 rings (SSSR count). The van der Waals surface area contributed by atoms with Crippen LogP contribution in [-0.2, 0) is 18.2 Å². The normalized spacial score (nSPS) is 8.33. The molecule has 0 saturated heterocycles. The van der Waals surface area contributed by atoms with Crippen LogP contribution >= 0.6 is 25.5 Å². The molecule has 0 aliphatic heterocycles. The van der Waals surface area contributed by atoms with Crippen molar-refractivity contribution in [3.8, 4) is 0 Å². The van der Waals surface area contributed by atoms with Crippen molar-refractivity contribution in [1.82, 2.24) is 0 Å². The molecule has 0 radical (unpaired) electrons. The number of halogens is 3. The van der Waals surface area contributed by atoms with Crippen LogP contribution in [-0.4, -0.2) is 11.7 Å². The van der Waals surface area contributed by atoms with Crippen LogP contribution in [0.3, 0.4) is 0 Å². The average Bonchev–Trinajstić information content (AvgIpc) is 1.65. The molecule has 0 bridgehead atoms. The van der Waals surface area contributed by atoms with Crippen LogP contribution in [0.25, 0.3) is 0 Å². The van der Waals surface area contributed by atoms with Crippen molar-refractivity contribution in [2.45, 2.75) is 13.8 Å². The van der Waals surface area contributed by atoms with E-state index in [1.807, 2.05) is 13.8 Å². The van der Waals surface area contributed by atoms with Gasteiger partial charge >= 0.3 is 43.7 Å². The van der Waals surface area contributed by atoms with E-state index in [4.69, 9.17) is 30.6 Å². The van der Waals surface area contributed by atoms with Gasteiger partial charge in [0.15, 0.2) is 0 Å². The summed E-state index contributed by atoms with van der Waals surface area (Å²) in [5.74, 6) is 0.440. The van der Waals surface area contributed by atoms with Crippen molar-refractivity contribution >= 4 is 25.5 Å². The minimum absolute atomic E-state index is 0.306. The number of hydrogen-bond acceptors (Lipinski definition) is 1. The molecule has 0 aromatic rings. The van der Waals surface area contributed by atoms with Gasteiger partial charge in [0.2, 0.25) is 0 Å². The third-order valence-corrected chi connectivity index (χ3v) is 0.365. The molecule has 0 aromatic carbocycles. The van der Waals surface area contributed by atoms with Gasteiger partial charge < -0.3 is 5.11 Å². The molecule has 0 heterocycles. The SMILES string of the molecule is CC(C)CO.[Cl][Zr]([Cl])[Cl]. The summed E-state index contributed by atoms with van der Waals surface area (Å²) in [4.78, 5) is 0. The van der Waals surface area contributed by atoms with Gasteiger partial charge in [-0.05, 0) is 5.92 Å². The molecule has 0 aromatic heterocycles. The fraction of sp³-hybridized carbons (Fsp3) is 1.00. The maximum absolute atomic E-state index is 8.14. The van der Waals surface area contributed by atoms with Crippen LogP contribution in [0.4, 0.5) is 0 Å². The van der Waals surface area contributed by atoms with Crippen LogP contribution < -0.4 is 0 Å². The van der Waals surface area contributed by atoms with E-state index >= 15 is 0 Å². The molecule has 0 amide bonds. The Bertz CT molecular complexity index is 48.3. The van der Waals surface area contributed by atoms with Gasteiger partial charge in [-0.3, -0.25) is 0 Å². The third kappa shape index (κ3) is 41.9. The van der Waals surface area contributed by atoms with Gasteiger partial charge in [-0.15, -0.1) is 0 Å². The zero-order chi connectivity index (χ0) is 7.86. The Morgan fingerprint density at radius 1 is 1.33 bits per heavy atom. The summed E-state index contributed by atoms with van der Waals surface area (Å²) in [7, 11) is 15.0. The summed E-state index contributed by atoms with van der Waals surface area (Å²) in [6.45, 7) is 4.25. The fourth-order valence-corrected chi connectivity index (χ4v) is 0. The van der Waals surface area contributed by atoms with E-state index in [0.717, 1.165) is 0 Å². The Labute approximate surface area is 74.6 Å². The van der Waals surface area contributed by atoms with Crippen LogP contribution in [0.15, 0.2) is 0 Å². The van der Waals surface area contributed by atoms with E-state index in [2.05, 4.69) is 0 Å². The van der Waals surface area contributed by atoms with E-state index in [1.165, 1.54) is 0 Å². The monoisotopic (exact) mass is 269 g/mol. The number of aliphatic hydroxyl groups excluding tert-OH is 1. The maximum atomic E-state index is 8.14. The second-order valence-electron chi connectivity index (χ2n) is 1.79. The van der Waals surface area contributed by atoms with E-state index < -0.39 is 18.2 Å². The van der Waals surface area contributed by atoms with Crippen molar-refractivity contribution in [3.05, 3.63) is 0 Å². The second kappa shape index (κ2) is 9.71. The molecule has 0 aliphatic rings. The molecule has 5 heteroatoms. The molecular formula is C4H10Cl3OZr. The third-order valence-electron chi connectivity index (χ3n) is 0.365. The Hall–Kier alpha value is 1.71. The van der Waals surface area contributed by atoms with Crippen LogP contribution in [0.5, 0.6) is 0 Å². The van der Waals surface area contributed by atoms with Gasteiger partial charge in [0.05, 0.1) is 0 Å². The van der Waals surface area contributed by atoms with Crippen molar-refractivity contribution < 1.29 is 23.3 Å². The molecule has 1 nitrogen and oxygen atoms in total. The Kier molecular flexibility index (Phi) is 14.4. The first-order valence-corrected chi connectivity index (χ1v) is 11.9. The van der Waals surface area contributed by atoms with Crippen molar-refractivity contribution in [2.24, 2.45) is 5.92 Å². The Balaban J connectivity index is 0. The Morgan fingerprint density at radius 3 is 1.44 bits per heavy atom. The van der Waals surface area contributed by atoms with Crippen LogP contribution in [0.2, 0.25) is 0 Å². The summed E-state index contributed by atoms with van der Waals surface area (Å²) in [6.07, 6.45) is 0. The van der Waals surface area contributed by atoms with Crippen LogP contribution in [0, 0.1) is 5.92 Å². The van der Waals surface area contributed by atoms with E-state index in [9.17, 15) is 0 Å². The van der Waals surface area contributed by atoms with Crippen molar-refractivity contribution in [2.75, 3.05) is 6.61 Å². The molecule has 0 atom stereocenters. The average molecular weight is 272 g/mol. The first-order valence-electron chi connectivity index (χ1n) is 2.45. The van der Waals surface area contributed by atoms with Crippen molar-refractivity contribution in [3.63, 3.8) is 0 Å². The first kappa shape index (κ1) is 13.3. The van der Waals surface area contributed by atoms with Gasteiger partial charge in [-0.25, -0.2) is 0 Å². The first-order chi connectivity index (χ1) is 4.00. The van der Waals surface area contributed by atoms with Crippen LogP contribution in [0.1, 0.15) is 13.8 Å². The van der Waals surface area contributed by atoms with Gasteiger partial charge in [0.25, 0.3) is 0 Å². The number of aliphatic hydroxyl groups is 1. The quantitative estimate of drug-likeness (QED) is 0.777. The summed E-state index contributed by atoms with van der Waals surface area (Å²) in [5.41, 5.74) is 0. The topological polar surface area (TPSA) is 20.2 Å². The fourth-order valence-electron chi connectivity index (χ4n) is 0. The van der Waals surface area contributed by atoms with Gasteiger partial charge in [0.1, 0.15) is 0 Å². The van der Waals surface area contributed by atoms with Gasteiger partial charge in [0, 0.05) is 6.61 Å². The van der Waals surface area contributed by atoms with Gasteiger partial charge in [-0.1, -0.05) is 13.8 Å². The van der Waals surface area contributed by atoms with Gasteiger partial charge in [-0.2, -0.15) is 0 Å². The number of hydrogen-bond donors (Lipinski definition) is 1. The standard InChI is InChI=1S/C4H10O.3ClH.Zr/c1-4(2)3-5;;;;/h4-5H,3H2,1-2H3;3*1H;/q;;;;+3/p-3. The van der Waals surface area contributed by atoms with E-state index in [0.29, 0.717) is 12.5 Å². The second-order valence-corrected chi connectivity index (χ2v) is 13.0. The summed E-state index contributed by atoms with van der Waals surface area (Å²) in [6, 6.07) is 0. The molecular weight excluding hydrogens is 262 g/mol.